The van der Waals surface area contributed by atoms with E-state index in [4.69, 9.17) is 0 Å². The van der Waals surface area contributed by atoms with Gasteiger partial charge in [0.25, 0.3) is 32.4 Å². The minimum absolute atomic E-state index is 0.130. The van der Waals surface area contributed by atoms with Gasteiger partial charge < -0.3 is 9.68 Å². The first-order chi connectivity index (χ1) is 13.2. The molecule has 0 aliphatic carbocycles. The third-order valence-electron chi connectivity index (χ3n) is 4.08. The van der Waals surface area contributed by atoms with Crippen LogP contribution in [0.25, 0.3) is 21.5 Å². The Kier molecular flexibility index (Phi) is 4.60. The van der Waals surface area contributed by atoms with E-state index >= 15 is 0 Å². The van der Waals surface area contributed by atoms with Gasteiger partial charge >= 0.3 is 0 Å². The lowest BCUT2D eigenvalue weighted by atomic mass is 10.1. The standard InChI is InChI=1S/C14H10N4O10/c19-11-7-5-9-10(14(22)16(13(9)21)2-4-28-18(25)26)6-8(7)12(20)15(11)1-3-27-17(23)24/h5-6H,1-4H2. The zero-order chi connectivity index (χ0) is 20.6. The molecule has 0 aliphatic rings. The summed E-state index contributed by atoms with van der Waals surface area (Å²) in [6.45, 7) is -1.82. The molecule has 1 aromatic carbocycles. The van der Waals surface area contributed by atoms with E-state index < -0.39 is 45.6 Å². The van der Waals surface area contributed by atoms with Gasteiger partial charge in [-0.3, -0.25) is 28.3 Å². The molecule has 3 rings (SSSR count). The van der Waals surface area contributed by atoms with Gasteiger partial charge in [-0.1, -0.05) is 0 Å². The van der Waals surface area contributed by atoms with Crippen LogP contribution in [0.5, 0.6) is 0 Å². The van der Waals surface area contributed by atoms with Crippen molar-refractivity contribution in [2.75, 3.05) is 13.2 Å². The molecule has 0 amide bonds. The smallest absolute Gasteiger partial charge is 0.294 e. The second kappa shape index (κ2) is 6.90. The van der Waals surface area contributed by atoms with Crippen LogP contribution in [0.1, 0.15) is 0 Å². The van der Waals surface area contributed by atoms with E-state index in [1.165, 1.54) is 0 Å². The number of aromatic nitrogens is 2. The molecule has 0 aliphatic heterocycles. The third-order valence-corrected chi connectivity index (χ3v) is 4.08. The first-order valence-electron chi connectivity index (χ1n) is 7.67. The molecule has 2 aromatic heterocycles. The van der Waals surface area contributed by atoms with E-state index in [1.807, 2.05) is 0 Å². The molecule has 2 heterocycles. The Morgan fingerprint density at radius 1 is 0.679 bits per heavy atom. The fourth-order valence-corrected chi connectivity index (χ4v) is 2.89. The molecule has 0 radical (unpaired) electrons. The molecule has 146 valence electrons. The Labute approximate surface area is 151 Å². The monoisotopic (exact) mass is 394 g/mol. The van der Waals surface area contributed by atoms with Crippen molar-refractivity contribution in [1.82, 2.24) is 9.13 Å². The van der Waals surface area contributed by atoms with E-state index in [0.717, 1.165) is 12.1 Å². The van der Waals surface area contributed by atoms with Gasteiger partial charge in [0.05, 0.1) is 34.6 Å². The Bertz CT molecular complexity index is 1130. The van der Waals surface area contributed by atoms with Gasteiger partial charge in [0.2, 0.25) is 0 Å². The molecule has 0 saturated heterocycles. The van der Waals surface area contributed by atoms with Crippen molar-refractivity contribution in [3.05, 3.63) is 73.8 Å². The van der Waals surface area contributed by atoms with Crippen molar-refractivity contribution >= 4 is 21.5 Å². The van der Waals surface area contributed by atoms with Crippen LogP contribution in [-0.2, 0) is 22.8 Å². The summed E-state index contributed by atoms with van der Waals surface area (Å²) in [6, 6.07) is 2.18. The van der Waals surface area contributed by atoms with Gasteiger partial charge in [0.1, 0.15) is 13.2 Å². The maximum atomic E-state index is 12.4. The molecule has 28 heavy (non-hydrogen) atoms. The van der Waals surface area contributed by atoms with Crippen molar-refractivity contribution in [2.24, 2.45) is 0 Å². The van der Waals surface area contributed by atoms with Crippen LogP contribution in [0.15, 0.2) is 31.3 Å². The van der Waals surface area contributed by atoms with Gasteiger partial charge in [-0.15, -0.1) is 20.2 Å². The topological polar surface area (TPSA) is 183 Å². The quantitative estimate of drug-likeness (QED) is 0.316. The normalized spacial score (nSPS) is 11.1. The van der Waals surface area contributed by atoms with Gasteiger partial charge in [0, 0.05) is 0 Å². The summed E-state index contributed by atoms with van der Waals surface area (Å²) in [5, 5.41) is 17.7. The molecular formula is C14H10N4O10. The van der Waals surface area contributed by atoms with Crippen molar-refractivity contribution in [1.29, 1.82) is 0 Å². The first-order valence-corrected chi connectivity index (χ1v) is 7.67. The third kappa shape index (κ3) is 3.06. The fourth-order valence-electron chi connectivity index (χ4n) is 2.89. The lowest BCUT2D eigenvalue weighted by molar-refractivity contribution is -0.758. The van der Waals surface area contributed by atoms with Crippen LogP contribution in [0, 0.1) is 20.2 Å². The summed E-state index contributed by atoms with van der Waals surface area (Å²) >= 11 is 0. The average molecular weight is 394 g/mol. The summed E-state index contributed by atoms with van der Waals surface area (Å²) in [4.78, 5) is 78.0. The molecule has 14 nitrogen and oxygen atoms in total. The van der Waals surface area contributed by atoms with E-state index in [2.05, 4.69) is 9.68 Å². The minimum Gasteiger partial charge on any atom is -0.312 e. The van der Waals surface area contributed by atoms with E-state index in [9.17, 15) is 39.4 Å². The first kappa shape index (κ1) is 18.7. The highest BCUT2D eigenvalue weighted by Gasteiger charge is 2.19. The van der Waals surface area contributed by atoms with Crippen molar-refractivity contribution in [3.63, 3.8) is 0 Å². The average Bonchev–Trinajstić information content (AvgIpc) is 3.00. The minimum atomic E-state index is -1.07. The lowest BCUT2D eigenvalue weighted by Gasteiger charge is -1.98. The zero-order valence-electron chi connectivity index (χ0n) is 13.9. The number of fused-ring (bicyclic) bond motifs is 2. The molecular weight excluding hydrogens is 384 g/mol. The highest BCUT2D eigenvalue weighted by atomic mass is 17.0. The van der Waals surface area contributed by atoms with Crippen LogP contribution in [0.3, 0.4) is 0 Å². The Morgan fingerprint density at radius 2 is 0.964 bits per heavy atom. The van der Waals surface area contributed by atoms with E-state index in [0.29, 0.717) is 9.13 Å². The summed E-state index contributed by atoms with van der Waals surface area (Å²) in [6.07, 6.45) is 0. The molecule has 0 saturated carbocycles. The van der Waals surface area contributed by atoms with E-state index in [1.54, 1.807) is 0 Å². The van der Waals surface area contributed by atoms with Gasteiger partial charge in [-0.25, -0.2) is 0 Å². The molecule has 0 bridgehead atoms. The predicted octanol–water partition coefficient (Wildman–Crippen LogP) is -1.67. The second-order valence-corrected chi connectivity index (χ2v) is 5.58. The highest BCUT2D eigenvalue weighted by Crippen LogP contribution is 2.14. The Hall–Kier alpha value is -4.10. The molecule has 14 heteroatoms. The Morgan fingerprint density at radius 3 is 1.21 bits per heavy atom. The second-order valence-electron chi connectivity index (χ2n) is 5.58. The highest BCUT2D eigenvalue weighted by molar-refractivity contribution is 5.97. The number of nitrogens with zero attached hydrogens (tertiary/aromatic N) is 4. The van der Waals surface area contributed by atoms with Crippen LogP contribution in [0.4, 0.5) is 0 Å². The fraction of sp³-hybridized carbons (Fsp3) is 0.286. The van der Waals surface area contributed by atoms with Gasteiger partial charge in [-0.05, 0) is 12.1 Å². The maximum Gasteiger partial charge on any atom is 0.294 e. The number of hydrogen-bond acceptors (Lipinski definition) is 10. The Balaban J connectivity index is 2.08. The molecule has 0 spiro atoms. The zero-order valence-corrected chi connectivity index (χ0v) is 13.9. The van der Waals surface area contributed by atoms with Gasteiger partial charge in [-0.2, -0.15) is 0 Å². The summed E-state index contributed by atoms with van der Waals surface area (Å²) in [7, 11) is 0. The number of hydrogen-bond donors (Lipinski definition) is 0. The van der Waals surface area contributed by atoms with Crippen LogP contribution < -0.4 is 22.2 Å². The predicted molar refractivity (Wildman–Crippen MR) is 90.8 cm³/mol. The lowest BCUT2D eigenvalue weighted by Crippen LogP contribution is -2.28. The molecule has 0 fully saturated rings. The summed E-state index contributed by atoms with van der Waals surface area (Å²) in [5.74, 6) is 0. The van der Waals surface area contributed by atoms with Crippen molar-refractivity contribution in [2.45, 2.75) is 13.1 Å². The van der Waals surface area contributed by atoms with Gasteiger partial charge in [0.15, 0.2) is 0 Å². The SMILES string of the molecule is O=c1c2cc3c(=O)n(CCO[N+](=O)[O-])c(=O)c3cc2c(=O)n1CCO[N+](=O)[O-]. The maximum absolute atomic E-state index is 12.4. The van der Waals surface area contributed by atoms with Crippen LogP contribution in [0.2, 0.25) is 0 Å². The molecule has 0 N–H and O–H groups in total. The van der Waals surface area contributed by atoms with Crippen molar-refractivity contribution in [3.8, 4) is 0 Å². The molecule has 3 aromatic rings. The van der Waals surface area contributed by atoms with Crippen LogP contribution in [-0.4, -0.2) is 32.5 Å². The van der Waals surface area contributed by atoms with E-state index in [-0.39, 0.29) is 34.6 Å². The van der Waals surface area contributed by atoms with Crippen molar-refractivity contribution < 1.29 is 19.8 Å². The molecule has 0 unspecified atom stereocenters. The summed E-state index contributed by atoms with van der Waals surface area (Å²) < 4.78 is 1.42. The molecule has 0 atom stereocenters. The number of rotatable bonds is 8. The largest absolute Gasteiger partial charge is 0.312 e. The summed E-state index contributed by atoms with van der Waals surface area (Å²) in [5.41, 5.74) is -3.15. The number of benzene rings is 1. The van der Waals surface area contributed by atoms with Crippen LogP contribution >= 0.6 is 0 Å².